The van der Waals surface area contributed by atoms with Gasteiger partial charge in [0.15, 0.2) is 46.6 Å². The molecule has 21 rings (SSSR count). The Kier molecular flexibility index (Phi) is 25.9. The van der Waals surface area contributed by atoms with Crippen LogP contribution in [0.2, 0.25) is 15.3 Å². The van der Waals surface area contributed by atoms with Crippen molar-refractivity contribution in [3.63, 3.8) is 0 Å². The molecule has 3 aliphatic heterocycles. The number of hydrogen-bond acceptors (Lipinski definition) is 20. The minimum absolute atomic E-state index is 0. The molecule has 0 aliphatic carbocycles. The van der Waals surface area contributed by atoms with E-state index in [0.717, 1.165) is 95.7 Å². The molecule has 2 N–H and O–H groups in total. The van der Waals surface area contributed by atoms with E-state index in [1.54, 1.807) is 46.1 Å². The molecule has 0 amide bonds. The lowest BCUT2D eigenvalue weighted by atomic mass is 9.49. The van der Waals surface area contributed by atoms with E-state index in [1.165, 1.54) is 24.9 Å². The average molecular weight is 1790 g/mol. The first-order chi connectivity index (χ1) is 60.4. The second-order valence-corrected chi connectivity index (χ2v) is 38.0. The van der Waals surface area contributed by atoms with Gasteiger partial charge in [0.1, 0.15) is 0 Å². The van der Waals surface area contributed by atoms with Gasteiger partial charge >= 0.3 is 28.3 Å². The van der Waals surface area contributed by atoms with Crippen LogP contribution in [0.1, 0.15) is 90.5 Å². The molecule has 3 saturated heterocycles. The third-order valence-corrected chi connectivity index (χ3v) is 28.3. The minimum atomic E-state index is -1.44. The summed E-state index contributed by atoms with van der Waals surface area (Å²) in [5, 5.41) is 26.8. The van der Waals surface area contributed by atoms with Crippen molar-refractivity contribution in [2.24, 2.45) is 0 Å². The SMILES string of the molecule is C.CC1(C)OB(B2OC(C)(C)C(C)(C)O2)OC1(C)C.CC1(C)OB(c2cccc3c2sc2ccc(-c4nc(-c5ccccc5)nc(-c5ccccc5)n4)cc23)OC1(C)C.Clc1cccc2c1sc1ccc(-c3nc(-c4ccccc4)nc(-c4ccccc4)n3)cc12.Clc1nc(-c2ccccc2)nc(-c2ccccc2)n1.OB(O)c1ccc2sc3c(Cl)cccc3c2c1. The van der Waals surface area contributed by atoms with E-state index >= 15 is 0 Å². The first kappa shape index (κ1) is 89.5. The van der Waals surface area contributed by atoms with Gasteiger partial charge < -0.3 is 38.0 Å². The smallest absolute Gasteiger partial charge is 0.423 e. The number of fused-ring (bicyclic) bond motifs is 9. The van der Waals surface area contributed by atoms with Crippen LogP contribution in [0.25, 0.3) is 152 Å². The molecule has 634 valence electrons. The zero-order chi connectivity index (χ0) is 88.0. The molecule has 127 heavy (non-hydrogen) atoms. The molecule has 18 aromatic rings. The Morgan fingerprint density at radius 2 is 0.528 bits per heavy atom. The number of benzene rings is 12. The van der Waals surface area contributed by atoms with Crippen LogP contribution < -0.4 is 10.9 Å². The Hall–Kier alpha value is -10.9. The lowest BCUT2D eigenvalue weighted by Gasteiger charge is -2.32. The summed E-state index contributed by atoms with van der Waals surface area (Å²) >= 11 is 23.7. The number of nitrogens with zero attached hydrogens (tertiary/aromatic N) is 9. The van der Waals surface area contributed by atoms with Crippen LogP contribution in [0.15, 0.2) is 291 Å². The summed E-state index contributed by atoms with van der Waals surface area (Å²) in [7, 11) is -2.80. The first-order valence-electron chi connectivity index (χ1n) is 41.3. The maximum atomic E-state index is 9.18. The molecule has 0 atom stereocenters. The van der Waals surface area contributed by atoms with E-state index in [-0.39, 0.29) is 35.1 Å². The summed E-state index contributed by atoms with van der Waals surface area (Å²) in [6.45, 7) is 24.6. The summed E-state index contributed by atoms with van der Waals surface area (Å²) in [5.41, 5.74) is 6.91. The van der Waals surface area contributed by atoms with Crippen LogP contribution in [0.4, 0.5) is 0 Å². The van der Waals surface area contributed by atoms with Gasteiger partial charge in [-0.2, -0.15) is 9.97 Å². The Bertz CT molecular complexity index is 6760. The van der Waals surface area contributed by atoms with E-state index in [9.17, 15) is 10.0 Å². The van der Waals surface area contributed by atoms with Crippen molar-refractivity contribution in [1.82, 2.24) is 44.9 Å². The van der Waals surface area contributed by atoms with Gasteiger partial charge in [-0.05, 0) is 160 Å². The summed E-state index contributed by atoms with van der Waals surface area (Å²) in [6, 6.07) is 96.0. The van der Waals surface area contributed by atoms with Crippen LogP contribution in [0.5, 0.6) is 0 Å². The number of hydrogen-bond donors (Lipinski definition) is 2. The number of halogens is 3. The highest BCUT2D eigenvalue weighted by Crippen LogP contribution is 2.46. The molecule has 9 heterocycles. The van der Waals surface area contributed by atoms with Crippen molar-refractivity contribution < 1.29 is 38.0 Å². The van der Waals surface area contributed by atoms with Crippen LogP contribution in [-0.4, -0.2) is 117 Å². The molecule has 6 aromatic heterocycles. The molecule has 3 fully saturated rings. The molecule has 0 spiro atoms. The third kappa shape index (κ3) is 18.9. The van der Waals surface area contributed by atoms with Gasteiger partial charge in [-0.3, -0.25) is 0 Å². The lowest BCUT2D eigenvalue weighted by molar-refractivity contribution is 0.00578. The predicted molar refractivity (Wildman–Crippen MR) is 528 cm³/mol. The van der Waals surface area contributed by atoms with Crippen LogP contribution in [0.3, 0.4) is 0 Å². The van der Waals surface area contributed by atoms with Gasteiger partial charge in [-0.15, -0.1) is 34.0 Å². The molecule has 12 aromatic carbocycles. The highest BCUT2D eigenvalue weighted by Gasteiger charge is 2.64. The molecule has 27 heteroatoms. The lowest BCUT2D eigenvalue weighted by Crippen LogP contribution is -2.41. The fourth-order valence-electron chi connectivity index (χ4n) is 14.6. The fraction of sp³-hybridized carbons (Fsp3) is 0.190. The van der Waals surface area contributed by atoms with Gasteiger partial charge in [-0.25, -0.2) is 34.9 Å². The quantitative estimate of drug-likeness (QED) is 0.115. The zero-order valence-corrected chi connectivity index (χ0v) is 76.0. The third-order valence-electron chi connectivity index (χ3n) is 23.6. The average Bonchev–Trinajstić information content (AvgIpc) is 1.59. The zero-order valence-electron chi connectivity index (χ0n) is 71.2. The van der Waals surface area contributed by atoms with Gasteiger partial charge in [0.2, 0.25) is 5.28 Å². The van der Waals surface area contributed by atoms with E-state index in [0.29, 0.717) is 52.1 Å². The van der Waals surface area contributed by atoms with E-state index in [1.807, 2.05) is 274 Å². The Morgan fingerprint density at radius 1 is 0.268 bits per heavy atom. The molecule has 17 nitrogen and oxygen atoms in total. The summed E-state index contributed by atoms with van der Waals surface area (Å²) in [4.78, 5) is 42.0. The van der Waals surface area contributed by atoms with Crippen molar-refractivity contribution in [1.29, 1.82) is 0 Å². The van der Waals surface area contributed by atoms with Crippen LogP contribution in [-0.2, 0) is 27.9 Å². The van der Waals surface area contributed by atoms with Crippen molar-refractivity contribution in [3.8, 4) is 91.1 Å². The molecule has 0 saturated carbocycles. The standard InChI is InChI=1S/C33H28BN3O2S.C27H16ClN3S.C15H10ClN3.C12H24B2O4.C12H8BClO2S.CH4/c1-32(2)33(3,4)39-34(38-32)26-17-11-16-24-25-20-23(18-19-27(25)40-28(24)26)31-36-29(21-12-7-5-8-13-21)35-30(37-31)22-14-9-6-10-15-22;28-22-13-7-12-20-21-16-19(14-15-23(21)32-24(20)22)27-30-25(17-8-3-1-4-9-17)29-26(31-27)18-10-5-2-6-11-18;16-15-18-13(11-7-3-1-4-8-11)17-14(19-15)12-9-5-2-6-10-12;1-9(2)10(3,4)16-13(15-9)14-17-11(5,6)12(7,8)18-14;14-10-3-1-2-8-9-6-7(13(15)16)4-5-11(9)17-12(8)10;/h5-20H,1-4H3;1-16H;1-10H;1-8H3;1-6,15-16H;1H4. The van der Waals surface area contributed by atoms with Gasteiger partial charge in [0.25, 0.3) is 0 Å². The molecule has 3 aliphatic rings. The molecular formula is C100H90B4Cl3N9O8S3. The highest BCUT2D eigenvalue weighted by atomic mass is 35.5. The van der Waals surface area contributed by atoms with Crippen LogP contribution in [0, 0.1) is 0 Å². The largest absolute Gasteiger partial charge is 0.496 e. The summed E-state index contributed by atoms with van der Waals surface area (Å²) in [6.07, 6.45) is 0. The Labute approximate surface area is 767 Å². The maximum Gasteiger partial charge on any atom is 0.496 e. The molecule has 0 radical (unpaired) electrons. The molecular weight excluding hydrogens is 1700 g/mol. The van der Waals surface area contributed by atoms with E-state index in [2.05, 4.69) is 103 Å². The second-order valence-electron chi connectivity index (χ2n) is 33.7. The summed E-state index contributed by atoms with van der Waals surface area (Å²) < 4.78 is 43.5. The highest BCUT2D eigenvalue weighted by molar-refractivity contribution is 7.27. The number of thiophene rings is 3. The number of aromatic nitrogens is 9. The summed E-state index contributed by atoms with van der Waals surface area (Å²) in [5.74, 6) is 5.10. The first-order valence-corrected chi connectivity index (χ1v) is 44.9. The molecule has 0 bridgehead atoms. The fourth-order valence-corrected chi connectivity index (χ4v) is 18.7. The maximum absolute atomic E-state index is 9.18. The molecule has 0 unspecified atom stereocenters. The van der Waals surface area contributed by atoms with Gasteiger partial charge in [0, 0.05) is 95.7 Å². The monoisotopic (exact) mass is 1790 g/mol. The topological polar surface area (TPSA) is 212 Å². The van der Waals surface area contributed by atoms with Gasteiger partial charge in [0.05, 0.1) is 53.1 Å². The van der Waals surface area contributed by atoms with Crippen LogP contribution >= 0.6 is 68.8 Å². The Morgan fingerprint density at radius 3 is 0.843 bits per heavy atom. The van der Waals surface area contributed by atoms with Gasteiger partial charge in [-0.1, -0.05) is 267 Å². The Balaban J connectivity index is 0.000000122. The predicted octanol–water partition coefficient (Wildman–Crippen LogP) is 24.6. The van der Waals surface area contributed by atoms with Crippen molar-refractivity contribution in [3.05, 3.63) is 307 Å². The van der Waals surface area contributed by atoms with E-state index < -0.39 is 39.5 Å². The number of rotatable bonds is 11. The van der Waals surface area contributed by atoms with E-state index in [4.69, 9.17) is 92.6 Å². The van der Waals surface area contributed by atoms with Crippen molar-refractivity contribution >= 4 is 169 Å². The van der Waals surface area contributed by atoms with Crippen molar-refractivity contribution in [2.75, 3.05) is 0 Å². The minimum Gasteiger partial charge on any atom is -0.423 e. The second kappa shape index (κ2) is 36.7. The van der Waals surface area contributed by atoms with Crippen molar-refractivity contribution in [2.45, 2.75) is 124 Å². The normalized spacial score (nSPS) is 15.5.